The Bertz CT molecular complexity index is 637. The molecule has 1 aliphatic heterocycles. The van der Waals surface area contributed by atoms with Gasteiger partial charge in [-0.2, -0.15) is 0 Å². The SMILES string of the molecule is CCNC(=O)N1CCN(C(C(=O)N(C)Cc2ccccc2)C2CCCC2)CC1. The summed E-state index contributed by atoms with van der Waals surface area (Å²) in [6.07, 6.45) is 4.70. The molecule has 3 amide bonds. The second kappa shape index (κ2) is 9.92. The lowest BCUT2D eigenvalue weighted by atomic mass is 9.94. The maximum absolute atomic E-state index is 13.4. The third-order valence-electron chi connectivity index (χ3n) is 6.06. The molecule has 6 heteroatoms. The Labute approximate surface area is 168 Å². The third-order valence-corrected chi connectivity index (χ3v) is 6.06. The molecule has 0 bridgehead atoms. The Morgan fingerprint density at radius 1 is 1.11 bits per heavy atom. The van der Waals surface area contributed by atoms with Crippen LogP contribution in [0.25, 0.3) is 0 Å². The van der Waals surface area contributed by atoms with E-state index in [1.807, 2.05) is 42.0 Å². The number of amides is 3. The monoisotopic (exact) mass is 386 g/mol. The molecule has 2 aliphatic rings. The number of hydrogen-bond acceptors (Lipinski definition) is 3. The first-order valence-corrected chi connectivity index (χ1v) is 10.7. The van der Waals surface area contributed by atoms with Gasteiger partial charge < -0.3 is 15.1 Å². The van der Waals surface area contributed by atoms with Gasteiger partial charge >= 0.3 is 6.03 Å². The average Bonchev–Trinajstić information content (AvgIpc) is 3.24. The van der Waals surface area contributed by atoms with Gasteiger partial charge in [0.1, 0.15) is 0 Å². The van der Waals surface area contributed by atoms with Crippen molar-refractivity contribution in [2.75, 3.05) is 39.8 Å². The Kier molecular flexibility index (Phi) is 7.31. The van der Waals surface area contributed by atoms with Crippen LogP contribution < -0.4 is 5.32 Å². The van der Waals surface area contributed by atoms with E-state index in [4.69, 9.17) is 0 Å². The molecule has 1 aliphatic carbocycles. The van der Waals surface area contributed by atoms with Crippen molar-refractivity contribution in [3.8, 4) is 0 Å². The molecule has 0 aromatic heterocycles. The van der Waals surface area contributed by atoms with Crippen molar-refractivity contribution in [3.63, 3.8) is 0 Å². The highest BCUT2D eigenvalue weighted by molar-refractivity contribution is 5.82. The Morgan fingerprint density at radius 3 is 2.36 bits per heavy atom. The van der Waals surface area contributed by atoms with Gasteiger partial charge in [0.05, 0.1) is 6.04 Å². The van der Waals surface area contributed by atoms with Gasteiger partial charge in [-0.3, -0.25) is 9.69 Å². The Hall–Kier alpha value is -2.08. The highest BCUT2D eigenvalue weighted by atomic mass is 16.2. The molecular weight excluding hydrogens is 352 g/mol. The van der Waals surface area contributed by atoms with E-state index in [1.54, 1.807) is 0 Å². The van der Waals surface area contributed by atoms with Crippen LogP contribution in [0, 0.1) is 5.92 Å². The molecule has 1 aromatic rings. The lowest BCUT2D eigenvalue weighted by molar-refractivity contribution is -0.139. The van der Waals surface area contributed by atoms with Crippen molar-refractivity contribution in [2.24, 2.45) is 5.92 Å². The zero-order valence-electron chi connectivity index (χ0n) is 17.3. The summed E-state index contributed by atoms with van der Waals surface area (Å²) in [7, 11) is 1.92. The maximum atomic E-state index is 13.4. The van der Waals surface area contributed by atoms with Crippen LogP contribution in [0.2, 0.25) is 0 Å². The lowest BCUT2D eigenvalue weighted by Crippen LogP contribution is -2.59. The first kappa shape index (κ1) is 20.6. The van der Waals surface area contributed by atoms with Crippen molar-refractivity contribution >= 4 is 11.9 Å². The quantitative estimate of drug-likeness (QED) is 0.817. The highest BCUT2D eigenvalue weighted by Gasteiger charge is 2.38. The molecule has 1 N–H and O–H groups in total. The third kappa shape index (κ3) is 5.04. The number of piperazine rings is 1. The van der Waals surface area contributed by atoms with Crippen LogP contribution in [0.1, 0.15) is 38.2 Å². The number of carbonyl (C=O) groups is 2. The van der Waals surface area contributed by atoms with Gasteiger partial charge in [-0.1, -0.05) is 43.2 Å². The number of nitrogens with one attached hydrogen (secondary N) is 1. The predicted molar refractivity (Wildman–Crippen MR) is 111 cm³/mol. The Balaban J connectivity index is 1.66. The van der Waals surface area contributed by atoms with Crippen molar-refractivity contribution in [3.05, 3.63) is 35.9 Å². The molecule has 1 heterocycles. The minimum atomic E-state index is -0.0624. The van der Waals surface area contributed by atoms with Gasteiger partial charge in [0.15, 0.2) is 0 Å². The standard InChI is InChI=1S/C22H34N4O2/c1-3-23-22(28)26-15-13-25(14-16-26)20(19-11-7-8-12-19)21(27)24(2)17-18-9-5-4-6-10-18/h4-6,9-10,19-20H,3,7-8,11-17H2,1-2H3,(H,23,28). The average molecular weight is 387 g/mol. The van der Waals surface area contributed by atoms with Crippen LogP contribution >= 0.6 is 0 Å². The van der Waals surface area contributed by atoms with Crippen LogP contribution in [0.5, 0.6) is 0 Å². The summed E-state index contributed by atoms with van der Waals surface area (Å²) >= 11 is 0. The van der Waals surface area contributed by atoms with E-state index in [2.05, 4.69) is 22.3 Å². The van der Waals surface area contributed by atoms with Crippen molar-refractivity contribution in [1.29, 1.82) is 0 Å². The summed E-state index contributed by atoms with van der Waals surface area (Å²) in [5.41, 5.74) is 1.16. The van der Waals surface area contributed by atoms with Crippen LogP contribution in [-0.4, -0.2) is 72.5 Å². The van der Waals surface area contributed by atoms with E-state index in [-0.39, 0.29) is 18.0 Å². The number of benzene rings is 1. The number of likely N-dealkylation sites (N-methyl/N-ethyl adjacent to an activating group) is 1. The zero-order chi connectivity index (χ0) is 19.9. The summed E-state index contributed by atoms with van der Waals surface area (Å²) in [6, 6.07) is 10.1. The van der Waals surface area contributed by atoms with Crippen molar-refractivity contribution in [1.82, 2.24) is 20.0 Å². The van der Waals surface area contributed by atoms with E-state index < -0.39 is 0 Å². The molecule has 6 nitrogen and oxygen atoms in total. The molecule has 1 atom stereocenters. The molecule has 3 rings (SSSR count). The molecular formula is C22H34N4O2. The second-order valence-electron chi connectivity index (χ2n) is 8.03. The number of rotatable bonds is 6. The largest absolute Gasteiger partial charge is 0.340 e. The molecule has 154 valence electrons. The van der Waals surface area contributed by atoms with Gasteiger partial charge in [-0.15, -0.1) is 0 Å². The van der Waals surface area contributed by atoms with Crippen LogP contribution in [0.3, 0.4) is 0 Å². The van der Waals surface area contributed by atoms with Crippen LogP contribution in [0.4, 0.5) is 4.79 Å². The summed E-state index contributed by atoms with van der Waals surface area (Å²) in [5, 5.41) is 2.88. The molecule has 1 aromatic carbocycles. The molecule has 2 fully saturated rings. The topological polar surface area (TPSA) is 55.9 Å². The molecule has 1 saturated carbocycles. The van der Waals surface area contributed by atoms with E-state index in [0.29, 0.717) is 32.1 Å². The first-order chi connectivity index (χ1) is 13.6. The fourth-order valence-corrected chi connectivity index (χ4v) is 4.56. The van der Waals surface area contributed by atoms with E-state index >= 15 is 0 Å². The van der Waals surface area contributed by atoms with Crippen LogP contribution in [0.15, 0.2) is 30.3 Å². The summed E-state index contributed by atoms with van der Waals surface area (Å²) in [5.74, 6) is 0.656. The normalized spacial score (nSPS) is 19.4. The highest BCUT2D eigenvalue weighted by Crippen LogP contribution is 2.32. The zero-order valence-corrected chi connectivity index (χ0v) is 17.3. The van der Waals surface area contributed by atoms with E-state index in [0.717, 1.165) is 31.5 Å². The number of carbonyl (C=O) groups excluding carboxylic acids is 2. The van der Waals surface area contributed by atoms with E-state index in [9.17, 15) is 9.59 Å². The molecule has 28 heavy (non-hydrogen) atoms. The number of hydrogen-bond donors (Lipinski definition) is 1. The van der Waals surface area contributed by atoms with Gasteiger partial charge in [0.25, 0.3) is 0 Å². The number of nitrogens with zero attached hydrogens (tertiary/aromatic N) is 3. The summed E-state index contributed by atoms with van der Waals surface area (Å²) in [6.45, 7) is 6.13. The first-order valence-electron chi connectivity index (χ1n) is 10.7. The molecule has 1 unspecified atom stereocenters. The fraction of sp³-hybridized carbons (Fsp3) is 0.636. The smallest absolute Gasteiger partial charge is 0.317 e. The Morgan fingerprint density at radius 2 is 1.75 bits per heavy atom. The maximum Gasteiger partial charge on any atom is 0.317 e. The second-order valence-corrected chi connectivity index (χ2v) is 8.03. The number of urea groups is 1. The molecule has 0 spiro atoms. The van der Waals surface area contributed by atoms with Gasteiger partial charge in [-0.25, -0.2) is 4.79 Å². The lowest BCUT2D eigenvalue weighted by Gasteiger charge is -2.42. The molecule has 1 saturated heterocycles. The minimum absolute atomic E-state index is 0.00656. The summed E-state index contributed by atoms with van der Waals surface area (Å²) in [4.78, 5) is 31.6. The van der Waals surface area contributed by atoms with Crippen molar-refractivity contribution < 1.29 is 9.59 Å². The molecule has 0 radical (unpaired) electrons. The van der Waals surface area contributed by atoms with E-state index in [1.165, 1.54) is 12.8 Å². The fourth-order valence-electron chi connectivity index (χ4n) is 4.56. The van der Waals surface area contributed by atoms with Gasteiger partial charge in [0, 0.05) is 46.3 Å². The van der Waals surface area contributed by atoms with Gasteiger partial charge in [0.2, 0.25) is 5.91 Å². The van der Waals surface area contributed by atoms with Gasteiger partial charge in [-0.05, 0) is 31.2 Å². The minimum Gasteiger partial charge on any atom is -0.340 e. The predicted octanol–water partition coefficient (Wildman–Crippen LogP) is 2.55. The summed E-state index contributed by atoms with van der Waals surface area (Å²) < 4.78 is 0. The van der Waals surface area contributed by atoms with Crippen molar-refractivity contribution in [2.45, 2.75) is 45.2 Å². The van der Waals surface area contributed by atoms with Crippen LogP contribution in [-0.2, 0) is 11.3 Å².